The molecule has 0 atom stereocenters. The maximum absolute atomic E-state index is 8.35. The molecule has 0 spiro atoms. The minimum atomic E-state index is 0.535. The Hall–Kier alpha value is -2.03. The van der Waals surface area contributed by atoms with Crippen LogP contribution in [0, 0.1) is 6.92 Å². The highest BCUT2D eigenvalue weighted by Crippen LogP contribution is 2.21. The molecule has 0 fully saturated rings. The van der Waals surface area contributed by atoms with Crippen LogP contribution in [0.4, 0.5) is 0 Å². The van der Waals surface area contributed by atoms with E-state index < -0.39 is 0 Å². The molecule has 0 saturated carbocycles. The SMILES string of the molecule is Cc1ccc(-c2ccc(/C=N\O)o2)cc1. The number of aryl methyl sites for hydroxylation is 1. The fourth-order valence-electron chi connectivity index (χ4n) is 1.35. The van der Waals surface area contributed by atoms with Crippen molar-refractivity contribution in [3.63, 3.8) is 0 Å². The third-order valence-corrected chi connectivity index (χ3v) is 2.15. The van der Waals surface area contributed by atoms with Crippen molar-refractivity contribution in [1.29, 1.82) is 0 Å². The van der Waals surface area contributed by atoms with Gasteiger partial charge in [0.2, 0.25) is 0 Å². The van der Waals surface area contributed by atoms with Crippen molar-refractivity contribution >= 4 is 6.21 Å². The van der Waals surface area contributed by atoms with E-state index in [2.05, 4.69) is 5.16 Å². The Bertz CT molecular complexity index is 469. The van der Waals surface area contributed by atoms with Gasteiger partial charge in [0.05, 0.1) is 0 Å². The second-order valence-corrected chi connectivity index (χ2v) is 3.31. The van der Waals surface area contributed by atoms with E-state index in [0.717, 1.165) is 11.3 Å². The van der Waals surface area contributed by atoms with Gasteiger partial charge in [-0.05, 0) is 19.1 Å². The summed E-state index contributed by atoms with van der Waals surface area (Å²) >= 11 is 0. The number of benzene rings is 1. The molecule has 1 aromatic heterocycles. The lowest BCUT2D eigenvalue weighted by Crippen LogP contribution is -1.75. The summed E-state index contributed by atoms with van der Waals surface area (Å²) in [7, 11) is 0. The third-order valence-electron chi connectivity index (χ3n) is 2.15. The summed E-state index contributed by atoms with van der Waals surface area (Å²) in [6.45, 7) is 2.04. The lowest BCUT2D eigenvalue weighted by atomic mass is 10.1. The molecule has 2 aromatic rings. The number of oxime groups is 1. The summed E-state index contributed by atoms with van der Waals surface area (Å²) in [6.07, 6.45) is 1.26. The Morgan fingerprint density at radius 2 is 1.87 bits per heavy atom. The van der Waals surface area contributed by atoms with Gasteiger partial charge in [-0.25, -0.2) is 0 Å². The van der Waals surface area contributed by atoms with Crippen molar-refractivity contribution in [1.82, 2.24) is 0 Å². The number of nitrogens with zero attached hydrogens (tertiary/aromatic N) is 1. The van der Waals surface area contributed by atoms with Gasteiger partial charge in [-0.2, -0.15) is 0 Å². The van der Waals surface area contributed by atoms with Gasteiger partial charge in [0.15, 0.2) is 0 Å². The highest BCUT2D eigenvalue weighted by atomic mass is 16.4. The quantitative estimate of drug-likeness (QED) is 0.461. The predicted octanol–water partition coefficient (Wildman–Crippen LogP) is 3.06. The van der Waals surface area contributed by atoms with E-state index in [-0.39, 0.29) is 0 Å². The number of hydrogen-bond donors (Lipinski definition) is 1. The van der Waals surface area contributed by atoms with E-state index in [1.54, 1.807) is 6.07 Å². The van der Waals surface area contributed by atoms with Gasteiger partial charge in [-0.3, -0.25) is 0 Å². The molecule has 0 saturated heterocycles. The van der Waals surface area contributed by atoms with Crippen LogP contribution in [0.2, 0.25) is 0 Å². The first-order chi connectivity index (χ1) is 7.29. The van der Waals surface area contributed by atoms with Crippen LogP contribution in [0.15, 0.2) is 46.0 Å². The molecule has 0 bridgehead atoms. The Kier molecular flexibility index (Phi) is 2.54. The molecule has 3 heteroatoms. The molecule has 0 aliphatic heterocycles. The molecular weight excluding hydrogens is 190 g/mol. The molecule has 0 amide bonds. The molecule has 0 aliphatic rings. The first kappa shape index (κ1) is 9.52. The zero-order chi connectivity index (χ0) is 10.7. The Morgan fingerprint density at radius 1 is 1.13 bits per heavy atom. The first-order valence-electron chi connectivity index (χ1n) is 4.64. The smallest absolute Gasteiger partial charge is 0.149 e. The number of rotatable bonds is 2. The zero-order valence-electron chi connectivity index (χ0n) is 8.34. The van der Waals surface area contributed by atoms with Crippen molar-refractivity contribution in [2.75, 3.05) is 0 Å². The highest BCUT2D eigenvalue weighted by Gasteiger charge is 2.02. The van der Waals surface area contributed by atoms with E-state index in [0.29, 0.717) is 5.76 Å². The van der Waals surface area contributed by atoms with Crippen LogP contribution in [0.1, 0.15) is 11.3 Å². The largest absolute Gasteiger partial charge is 0.455 e. The normalized spacial score (nSPS) is 11.0. The average molecular weight is 201 g/mol. The summed E-state index contributed by atoms with van der Waals surface area (Å²) in [5.41, 5.74) is 2.22. The van der Waals surface area contributed by atoms with Gasteiger partial charge in [0.25, 0.3) is 0 Å². The van der Waals surface area contributed by atoms with E-state index in [4.69, 9.17) is 9.62 Å². The van der Waals surface area contributed by atoms with Crippen LogP contribution in [0.25, 0.3) is 11.3 Å². The molecule has 76 valence electrons. The lowest BCUT2D eigenvalue weighted by molar-refractivity contribution is 0.321. The van der Waals surface area contributed by atoms with Crippen LogP contribution in [0.5, 0.6) is 0 Å². The fourth-order valence-corrected chi connectivity index (χ4v) is 1.35. The second kappa shape index (κ2) is 4.00. The van der Waals surface area contributed by atoms with Crippen LogP contribution in [-0.2, 0) is 0 Å². The van der Waals surface area contributed by atoms with Crippen molar-refractivity contribution in [3.8, 4) is 11.3 Å². The fraction of sp³-hybridized carbons (Fsp3) is 0.0833. The van der Waals surface area contributed by atoms with Crippen LogP contribution in [0.3, 0.4) is 0 Å². The van der Waals surface area contributed by atoms with Crippen molar-refractivity contribution in [2.24, 2.45) is 5.16 Å². The van der Waals surface area contributed by atoms with Crippen LogP contribution in [-0.4, -0.2) is 11.4 Å². The molecular formula is C12H11NO2. The van der Waals surface area contributed by atoms with Gasteiger partial charge in [-0.1, -0.05) is 35.0 Å². The van der Waals surface area contributed by atoms with Crippen molar-refractivity contribution in [3.05, 3.63) is 47.7 Å². The molecule has 15 heavy (non-hydrogen) atoms. The molecule has 2 rings (SSSR count). The van der Waals surface area contributed by atoms with Gasteiger partial charge in [0.1, 0.15) is 17.7 Å². The van der Waals surface area contributed by atoms with E-state index in [1.807, 2.05) is 37.3 Å². The molecule has 1 aromatic carbocycles. The summed E-state index contributed by atoms with van der Waals surface area (Å²) in [5.74, 6) is 1.30. The standard InChI is InChI=1S/C12H11NO2/c1-9-2-4-10(5-3-9)12-7-6-11(15-12)8-13-14/h2-8,14H,1H3/b13-8-. The summed E-state index contributed by atoms with van der Waals surface area (Å²) in [5, 5.41) is 11.3. The summed E-state index contributed by atoms with van der Waals surface area (Å²) in [6, 6.07) is 11.6. The topological polar surface area (TPSA) is 45.7 Å². The molecule has 1 N–H and O–H groups in total. The van der Waals surface area contributed by atoms with E-state index >= 15 is 0 Å². The Labute approximate surface area is 87.7 Å². The average Bonchev–Trinajstić information content (AvgIpc) is 2.68. The third kappa shape index (κ3) is 2.07. The Morgan fingerprint density at radius 3 is 2.53 bits per heavy atom. The predicted molar refractivity (Wildman–Crippen MR) is 58.3 cm³/mol. The van der Waals surface area contributed by atoms with Crippen molar-refractivity contribution < 1.29 is 9.62 Å². The zero-order valence-corrected chi connectivity index (χ0v) is 8.34. The lowest BCUT2D eigenvalue weighted by Gasteiger charge is -1.96. The maximum Gasteiger partial charge on any atom is 0.149 e. The highest BCUT2D eigenvalue weighted by molar-refractivity contribution is 5.76. The summed E-state index contributed by atoms with van der Waals surface area (Å²) < 4.78 is 5.44. The van der Waals surface area contributed by atoms with Crippen LogP contribution < -0.4 is 0 Å². The van der Waals surface area contributed by atoms with E-state index in [9.17, 15) is 0 Å². The van der Waals surface area contributed by atoms with Gasteiger partial charge in [-0.15, -0.1) is 0 Å². The minimum Gasteiger partial charge on any atom is -0.455 e. The van der Waals surface area contributed by atoms with Crippen LogP contribution >= 0.6 is 0 Å². The number of hydrogen-bond acceptors (Lipinski definition) is 3. The molecule has 0 aliphatic carbocycles. The molecule has 0 radical (unpaired) electrons. The van der Waals surface area contributed by atoms with Gasteiger partial charge in [0, 0.05) is 5.56 Å². The Balaban J connectivity index is 2.33. The number of furan rings is 1. The second-order valence-electron chi connectivity index (χ2n) is 3.31. The van der Waals surface area contributed by atoms with Gasteiger partial charge >= 0.3 is 0 Å². The summed E-state index contributed by atoms with van der Waals surface area (Å²) in [4.78, 5) is 0. The van der Waals surface area contributed by atoms with Gasteiger partial charge < -0.3 is 9.62 Å². The minimum absolute atomic E-state index is 0.535. The molecule has 0 unspecified atom stereocenters. The molecule has 1 heterocycles. The maximum atomic E-state index is 8.35. The van der Waals surface area contributed by atoms with E-state index in [1.165, 1.54) is 11.8 Å². The first-order valence-corrected chi connectivity index (χ1v) is 4.64. The van der Waals surface area contributed by atoms with Crippen molar-refractivity contribution in [2.45, 2.75) is 6.92 Å². The molecule has 3 nitrogen and oxygen atoms in total. The monoisotopic (exact) mass is 201 g/mol.